The van der Waals surface area contributed by atoms with Gasteiger partial charge in [-0.05, 0) is 6.92 Å². The molecule has 0 aromatic carbocycles. The molecule has 84 valence electrons. The van der Waals surface area contributed by atoms with E-state index in [1.54, 1.807) is 11.3 Å². The molecular formula is C9H9N3O2S2. The minimum Gasteiger partial charge on any atom is -0.476 e. The third-order valence-corrected chi connectivity index (χ3v) is 3.43. The molecule has 16 heavy (non-hydrogen) atoms. The number of nitrogens with one attached hydrogen (secondary N) is 1. The standard InChI is InChI=1S/C9H9N3O2S2/c1-5-11-6(3-15-5)2-10-9-12-7(4-16-9)8(13)14/h3-4H,2H2,1H3,(H,10,12)(H,13,14). The Labute approximate surface area is 99.8 Å². The van der Waals surface area contributed by atoms with Crippen LogP contribution in [0.5, 0.6) is 0 Å². The zero-order valence-corrected chi connectivity index (χ0v) is 10.1. The topological polar surface area (TPSA) is 75.1 Å². The average molecular weight is 255 g/mol. The lowest BCUT2D eigenvalue weighted by Gasteiger charge is -1.97. The Morgan fingerprint density at radius 2 is 2.25 bits per heavy atom. The molecule has 0 saturated carbocycles. The monoisotopic (exact) mass is 255 g/mol. The summed E-state index contributed by atoms with van der Waals surface area (Å²) in [4.78, 5) is 18.8. The molecule has 0 aliphatic rings. The van der Waals surface area contributed by atoms with Gasteiger partial charge in [0, 0.05) is 10.8 Å². The van der Waals surface area contributed by atoms with Gasteiger partial charge in [0.1, 0.15) is 0 Å². The molecule has 0 fully saturated rings. The number of rotatable bonds is 4. The summed E-state index contributed by atoms with van der Waals surface area (Å²) in [5.74, 6) is -1.01. The van der Waals surface area contributed by atoms with E-state index in [0.717, 1.165) is 10.7 Å². The quantitative estimate of drug-likeness (QED) is 0.876. The van der Waals surface area contributed by atoms with E-state index in [9.17, 15) is 4.79 Å². The minimum absolute atomic E-state index is 0.0713. The maximum absolute atomic E-state index is 10.6. The number of anilines is 1. The van der Waals surface area contributed by atoms with Gasteiger partial charge in [-0.15, -0.1) is 22.7 Å². The molecule has 0 saturated heterocycles. The van der Waals surface area contributed by atoms with Gasteiger partial charge in [-0.1, -0.05) is 0 Å². The van der Waals surface area contributed by atoms with E-state index >= 15 is 0 Å². The molecule has 0 spiro atoms. The van der Waals surface area contributed by atoms with Crippen LogP contribution in [0.15, 0.2) is 10.8 Å². The first-order valence-corrected chi connectivity index (χ1v) is 6.25. The zero-order chi connectivity index (χ0) is 11.5. The van der Waals surface area contributed by atoms with E-state index in [4.69, 9.17) is 5.11 Å². The number of aromatic carboxylic acids is 1. The van der Waals surface area contributed by atoms with E-state index in [-0.39, 0.29) is 5.69 Å². The number of nitrogens with zero attached hydrogens (tertiary/aromatic N) is 2. The van der Waals surface area contributed by atoms with Crippen LogP contribution in [0, 0.1) is 6.92 Å². The Morgan fingerprint density at radius 1 is 1.44 bits per heavy atom. The molecule has 0 amide bonds. The van der Waals surface area contributed by atoms with Crippen LogP contribution in [0.25, 0.3) is 0 Å². The smallest absolute Gasteiger partial charge is 0.355 e. The highest BCUT2D eigenvalue weighted by molar-refractivity contribution is 7.13. The van der Waals surface area contributed by atoms with E-state index in [1.807, 2.05) is 12.3 Å². The van der Waals surface area contributed by atoms with Crippen LogP contribution >= 0.6 is 22.7 Å². The van der Waals surface area contributed by atoms with E-state index in [2.05, 4.69) is 15.3 Å². The number of hydrogen-bond acceptors (Lipinski definition) is 6. The Hall–Kier alpha value is -1.47. The summed E-state index contributed by atoms with van der Waals surface area (Å²) >= 11 is 2.86. The van der Waals surface area contributed by atoms with Gasteiger partial charge in [-0.2, -0.15) is 0 Å². The average Bonchev–Trinajstić information content (AvgIpc) is 2.83. The molecule has 0 radical (unpaired) electrons. The first-order chi connectivity index (χ1) is 7.65. The van der Waals surface area contributed by atoms with Gasteiger partial charge in [0.2, 0.25) is 0 Å². The van der Waals surface area contributed by atoms with Crippen molar-refractivity contribution in [2.45, 2.75) is 13.5 Å². The molecular weight excluding hydrogens is 246 g/mol. The SMILES string of the molecule is Cc1nc(CNc2nc(C(=O)O)cs2)cs1. The second-order valence-corrected chi connectivity index (χ2v) is 4.97. The molecule has 7 heteroatoms. The van der Waals surface area contributed by atoms with Crippen LogP contribution in [0.4, 0.5) is 5.13 Å². The van der Waals surface area contributed by atoms with Crippen molar-refractivity contribution in [2.24, 2.45) is 0 Å². The predicted molar refractivity (Wildman–Crippen MR) is 63.3 cm³/mol. The second-order valence-electron chi connectivity index (χ2n) is 3.05. The van der Waals surface area contributed by atoms with Gasteiger partial charge in [0.25, 0.3) is 0 Å². The van der Waals surface area contributed by atoms with E-state index in [0.29, 0.717) is 11.7 Å². The highest BCUT2D eigenvalue weighted by atomic mass is 32.1. The summed E-state index contributed by atoms with van der Waals surface area (Å²) in [7, 11) is 0. The van der Waals surface area contributed by atoms with E-state index in [1.165, 1.54) is 16.7 Å². The molecule has 2 aromatic heterocycles. The fraction of sp³-hybridized carbons (Fsp3) is 0.222. The van der Waals surface area contributed by atoms with Crippen molar-refractivity contribution >= 4 is 33.8 Å². The molecule has 0 bridgehead atoms. The molecule has 5 nitrogen and oxygen atoms in total. The highest BCUT2D eigenvalue weighted by Crippen LogP contribution is 2.17. The summed E-state index contributed by atoms with van der Waals surface area (Å²) < 4.78 is 0. The Balaban J connectivity index is 1.97. The molecule has 2 heterocycles. The molecule has 0 atom stereocenters. The normalized spacial score (nSPS) is 10.3. The highest BCUT2D eigenvalue weighted by Gasteiger charge is 2.08. The van der Waals surface area contributed by atoms with Gasteiger partial charge in [-0.3, -0.25) is 0 Å². The number of hydrogen-bond donors (Lipinski definition) is 2. The fourth-order valence-corrected chi connectivity index (χ4v) is 2.40. The number of aromatic nitrogens is 2. The van der Waals surface area contributed by atoms with Crippen LogP contribution in [0.3, 0.4) is 0 Å². The molecule has 2 aromatic rings. The lowest BCUT2D eigenvalue weighted by Crippen LogP contribution is -2.01. The Bertz CT molecular complexity index is 506. The summed E-state index contributed by atoms with van der Waals surface area (Å²) in [5.41, 5.74) is 1.01. The molecule has 2 N–H and O–H groups in total. The molecule has 0 unspecified atom stereocenters. The van der Waals surface area contributed by atoms with Gasteiger partial charge in [0.15, 0.2) is 10.8 Å². The van der Waals surface area contributed by atoms with Crippen molar-refractivity contribution in [1.82, 2.24) is 9.97 Å². The second kappa shape index (κ2) is 4.58. The third-order valence-electron chi connectivity index (χ3n) is 1.81. The van der Waals surface area contributed by atoms with Crippen molar-refractivity contribution < 1.29 is 9.90 Å². The Kier molecular flexibility index (Phi) is 3.16. The van der Waals surface area contributed by atoms with Crippen LogP contribution in [0.1, 0.15) is 21.2 Å². The zero-order valence-electron chi connectivity index (χ0n) is 8.43. The maximum atomic E-state index is 10.6. The van der Waals surface area contributed by atoms with E-state index < -0.39 is 5.97 Å². The lowest BCUT2D eigenvalue weighted by molar-refractivity contribution is 0.0691. The number of aryl methyl sites for hydroxylation is 1. The maximum Gasteiger partial charge on any atom is 0.355 e. The van der Waals surface area contributed by atoms with Crippen molar-refractivity contribution in [1.29, 1.82) is 0 Å². The lowest BCUT2D eigenvalue weighted by atomic mass is 10.5. The summed E-state index contributed by atoms with van der Waals surface area (Å²) in [6, 6.07) is 0. The first kappa shape index (κ1) is 11.0. The first-order valence-electron chi connectivity index (χ1n) is 4.49. The van der Waals surface area contributed by atoms with Crippen LogP contribution in [-0.4, -0.2) is 21.0 Å². The van der Waals surface area contributed by atoms with Gasteiger partial charge < -0.3 is 10.4 Å². The third kappa shape index (κ3) is 2.56. The number of carboxylic acids is 1. The number of carbonyl (C=O) groups is 1. The van der Waals surface area contributed by atoms with Crippen molar-refractivity contribution in [3.8, 4) is 0 Å². The van der Waals surface area contributed by atoms with Gasteiger partial charge in [0.05, 0.1) is 17.2 Å². The van der Waals surface area contributed by atoms with Gasteiger partial charge in [-0.25, -0.2) is 14.8 Å². The van der Waals surface area contributed by atoms with Crippen LogP contribution in [-0.2, 0) is 6.54 Å². The summed E-state index contributed by atoms with van der Waals surface area (Å²) in [6.07, 6.45) is 0. The summed E-state index contributed by atoms with van der Waals surface area (Å²) in [5, 5.41) is 16.8. The molecule has 2 rings (SSSR count). The molecule has 0 aliphatic heterocycles. The number of thiazole rings is 2. The van der Waals surface area contributed by atoms with Crippen LogP contribution < -0.4 is 5.32 Å². The summed E-state index contributed by atoms with van der Waals surface area (Å²) in [6.45, 7) is 2.51. The molecule has 0 aliphatic carbocycles. The Morgan fingerprint density at radius 3 is 2.81 bits per heavy atom. The van der Waals surface area contributed by atoms with Crippen molar-refractivity contribution in [3.63, 3.8) is 0 Å². The fourth-order valence-electron chi connectivity index (χ4n) is 1.11. The number of carboxylic acid groups (broad SMARTS) is 1. The van der Waals surface area contributed by atoms with Gasteiger partial charge >= 0.3 is 5.97 Å². The van der Waals surface area contributed by atoms with Crippen LogP contribution in [0.2, 0.25) is 0 Å². The van der Waals surface area contributed by atoms with Crippen molar-refractivity contribution in [2.75, 3.05) is 5.32 Å². The minimum atomic E-state index is -1.01. The van der Waals surface area contributed by atoms with Crippen molar-refractivity contribution in [3.05, 3.63) is 27.2 Å². The largest absolute Gasteiger partial charge is 0.476 e. The predicted octanol–water partition coefficient (Wildman–Crippen LogP) is 2.22.